The quantitative estimate of drug-likeness (QED) is 0.262. The molecule has 1 fully saturated rings. The minimum Gasteiger partial charge on any atom is -0.492 e. The van der Waals surface area contributed by atoms with Gasteiger partial charge in [-0.1, -0.05) is 65.7 Å². The molecule has 2 amide bonds. The Kier molecular flexibility index (Phi) is 6.66. The molecule has 35 heavy (non-hydrogen) atoms. The van der Waals surface area contributed by atoms with Gasteiger partial charge in [0.2, 0.25) is 0 Å². The van der Waals surface area contributed by atoms with E-state index in [4.69, 9.17) is 16.3 Å². The van der Waals surface area contributed by atoms with Crippen LogP contribution in [-0.2, 0) is 11.3 Å². The van der Waals surface area contributed by atoms with Crippen LogP contribution >= 0.6 is 23.4 Å². The van der Waals surface area contributed by atoms with E-state index in [1.165, 1.54) is 4.90 Å². The third-order valence-electron chi connectivity index (χ3n) is 5.88. The summed E-state index contributed by atoms with van der Waals surface area (Å²) in [5, 5.41) is 1.43. The molecule has 1 aliphatic rings. The van der Waals surface area contributed by atoms with Gasteiger partial charge in [0.25, 0.3) is 11.1 Å². The number of aromatic nitrogens is 1. The highest BCUT2D eigenvalue weighted by Gasteiger charge is 2.35. The number of carbonyl (C=O) groups excluding carboxylic acids is 2. The van der Waals surface area contributed by atoms with E-state index in [1.807, 2.05) is 85.9 Å². The van der Waals surface area contributed by atoms with Crippen molar-refractivity contribution in [1.29, 1.82) is 0 Å². The van der Waals surface area contributed by atoms with Gasteiger partial charge in [-0.05, 0) is 54.6 Å². The summed E-state index contributed by atoms with van der Waals surface area (Å²) in [6.07, 6.45) is 3.81. The highest BCUT2D eigenvalue weighted by Crippen LogP contribution is 2.34. The van der Waals surface area contributed by atoms with E-state index >= 15 is 0 Å². The van der Waals surface area contributed by atoms with Crippen molar-refractivity contribution in [3.8, 4) is 5.75 Å². The summed E-state index contributed by atoms with van der Waals surface area (Å²) >= 11 is 7.34. The van der Waals surface area contributed by atoms with Crippen molar-refractivity contribution in [2.45, 2.75) is 13.5 Å². The molecule has 4 aromatic rings. The summed E-state index contributed by atoms with van der Waals surface area (Å²) in [6, 6.07) is 23.4. The lowest BCUT2D eigenvalue weighted by atomic mass is 10.1. The van der Waals surface area contributed by atoms with Gasteiger partial charge in [0.15, 0.2) is 0 Å². The average Bonchev–Trinajstić information content (AvgIpc) is 3.33. The lowest BCUT2D eigenvalue weighted by Gasteiger charge is -2.13. The van der Waals surface area contributed by atoms with Crippen molar-refractivity contribution in [1.82, 2.24) is 9.47 Å². The standard InChI is InChI=1S/C28H23ClN2O3S/c1-19-10-12-22(13-11-19)34-15-14-31-27(32)26(35-28(31)33)16-21-18-30(25-9-5-3-7-23(21)25)17-20-6-2-4-8-24(20)29/h2-13,16,18H,14-15,17H2,1H3/b26-16-. The van der Waals surface area contributed by atoms with Gasteiger partial charge in [-0.15, -0.1) is 0 Å². The predicted octanol–water partition coefficient (Wildman–Crippen LogP) is 6.77. The molecule has 5 nitrogen and oxygen atoms in total. The Labute approximate surface area is 212 Å². The van der Waals surface area contributed by atoms with Gasteiger partial charge >= 0.3 is 0 Å². The molecule has 0 unspecified atom stereocenters. The van der Waals surface area contributed by atoms with E-state index in [9.17, 15) is 9.59 Å². The average molecular weight is 503 g/mol. The zero-order valence-corrected chi connectivity index (χ0v) is 20.7. The number of para-hydroxylation sites is 1. The SMILES string of the molecule is Cc1ccc(OCCN2C(=O)S/C(=C\c3cn(Cc4ccccc4Cl)c4ccccc34)C2=O)cc1. The van der Waals surface area contributed by atoms with E-state index in [0.29, 0.717) is 22.2 Å². The summed E-state index contributed by atoms with van der Waals surface area (Å²) in [5.41, 5.74) is 4.07. The van der Waals surface area contributed by atoms with E-state index in [2.05, 4.69) is 4.57 Å². The number of nitrogens with zero attached hydrogens (tertiary/aromatic N) is 2. The summed E-state index contributed by atoms with van der Waals surface area (Å²) < 4.78 is 7.82. The Hall–Kier alpha value is -3.48. The number of fused-ring (bicyclic) bond motifs is 1. The van der Waals surface area contributed by atoms with E-state index in [1.54, 1.807) is 6.08 Å². The number of benzene rings is 3. The number of halogens is 1. The third kappa shape index (κ3) is 4.99. The van der Waals surface area contributed by atoms with Crippen molar-refractivity contribution in [2.24, 2.45) is 0 Å². The molecule has 7 heteroatoms. The number of ether oxygens (including phenoxy) is 1. The zero-order valence-electron chi connectivity index (χ0n) is 19.1. The lowest BCUT2D eigenvalue weighted by Crippen LogP contribution is -2.32. The topological polar surface area (TPSA) is 51.5 Å². The molecular formula is C28H23ClN2O3S. The number of thioether (sulfide) groups is 1. The smallest absolute Gasteiger partial charge is 0.293 e. The Morgan fingerprint density at radius 1 is 0.971 bits per heavy atom. The molecule has 1 aromatic heterocycles. The van der Waals surface area contributed by atoms with Crippen LogP contribution in [-0.4, -0.2) is 33.8 Å². The molecule has 0 saturated carbocycles. The van der Waals surface area contributed by atoms with E-state index in [-0.39, 0.29) is 24.3 Å². The van der Waals surface area contributed by atoms with Crippen LogP contribution in [0.25, 0.3) is 17.0 Å². The third-order valence-corrected chi connectivity index (χ3v) is 7.16. The number of carbonyl (C=O) groups is 2. The van der Waals surface area contributed by atoms with Gasteiger partial charge in [-0.25, -0.2) is 0 Å². The van der Waals surface area contributed by atoms with Gasteiger partial charge in [-0.2, -0.15) is 0 Å². The highest BCUT2D eigenvalue weighted by molar-refractivity contribution is 8.18. The molecule has 0 radical (unpaired) electrons. The maximum absolute atomic E-state index is 13.0. The molecular weight excluding hydrogens is 480 g/mol. The van der Waals surface area contributed by atoms with Crippen molar-refractivity contribution in [2.75, 3.05) is 13.2 Å². The maximum atomic E-state index is 13.0. The van der Waals surface area contributed by atoms with Crippen molar-refractivity contribution < 1.29 is 14.3 Å². The van der Waals surface area contributed by atoms with Gasteiger partial charge < -0.3 is 9.30 Å². The van der Waals surface area contributed by atoms with Crippen LogP contribution in [0, 0.1) is 6.92 Å². The first-order valence-electron chi connectivity index (χ1n) is 11.3. The summed E-state index contributed by atoms with van der Waals surface area (Å²) in [4.78, 5) is 27.2. The largest absolute Gasteiger partial charge is 0.492 e. The lowest BCUT2D eigenvalue weighted by molar-refractivity contribution is -0.123. The first-order chi connectivity index (χ1) is 17.0. The number of hydrogen-bond acceptors (Lipinski definition) is 4. The Bertz CT molecular complexity index is 1440. The van der Waals surface area contributed by atoms with E-state index in [0.717, 1.165) is 39.4 Å². The second-order valence-corrected chi connectivity index (χ2v) is 9.72. The van der Waals surface area contributed by atoms with Gasteiger partial charge in [-0.3, -0.25) is 14.5 Å². The zero-order chi connectivity index (χ0) is 24.4. The molecule has 0 N–H and O–H groups in total. The van der Waals surface area contributed by atoms with Crippen LogP contribution in [0.4, 0.5) is 4.79 Å². The van der Waals surface area contributed by atoms with Crippen LogP contribution in [0.2, 0.25) is 5.02 Å². The Morgan fingerprint density at radius 2 is 1.71 bits per heavy atom. The number of hydrogen-bond donors (Lipinski definition) is 0. The Morgan fingerprint density at radius 3 is 2.51 bits per heavy atom. The molecule has 2 heterocycles. The van der Waals surface area contributed by atoms with Crippen LogP contribution in [0.1, 0.15) is 16.7 Å². The normalized spacial score (nSPS) is 14.9. The fourth-order valence-electron chi connectivity index (χ4n) is 4.05. The number of imide groups is 1. The van der Waals surface area contributed by atoms with Crippen molar-refractivity contribution >= 4 is 51.5 Å². The molecule has 176 valence electrons. The van der Waals surface area contributed by atoms with Crippen LogP contribution in [0.3, 0.4) is 0 Å². The van der Waals surface area contributed by atoms with Crippen LogP contribution < -0.4 is 4.74 Å². The predicted molar refractivity (Wildman–Crippen MR) is 142 cm³/mol. The molecule has 0 bridgehead atoms. The minimum atomic E-state index is -0.296. The molecule has 1 aliphatic heterocycles. The maximum Gasteiger partial charge on any atom is 0.293 e. The van der Waals surface area contributed by atoms with Gasteiger partial charge in [0.05, 0.1) is 11.4 Å². The first-order valence-corrected chi connectivity index (χ1v) is 12.4. The van der Waals surface area contributed by atoms with Gasteiger partial charge in [0, 0.05) is 34.2 Å². The number of amides is 2. The molecule has 0 aliphatic carbocycles. The van der Waals surface area contributed by atoms with Crippen molar-refractivity contribution in [3.05, 3.63) is 106 Å². The number of rotatable bonds is 7. The van der Waals surface area contributed by atoms with Gasteiger partial charge in [0.1, 0.15) is 12.4 Å². The van der Waals surface area contributed by atoms with Crippen LogP contribution in [0.5, 0.6) is 5.75 Å². The Balaban J connectivity index is 1.35. The molecule has 0 spiro atoms. The monoisotopic (exact) mass is 502 g/mol. The summed E-state index contributed by atoms with van der Waals surface area (Å²) in [5.74, 6) is 0.417. The first kappa shape index (κ1) is 23.3. The fourth-order valence-corrected chi connectivity index (χ4v) is 5.11. The summed E-state index contributed by atoms with van der Waals surface area (Å²) in [7, 11) is 0. The number of aryl methyl sites for hydroxylation is 1. The molecule has 5 rings (SSSR count). The fraction of sp³-hybridized carbons (Fsp3) is 0.143. The molecule has 3 aromatic carbocycles. The van der Waals surface area contributed by atoms with Crippen molar-refractivity contribution in [3.63, 3.8) is 0 Å². The molecule has 1 saturated heterocycles. The highest BCUT2D eigenvalue weighted by atomic mass is 35.5. The van der Waals surface area contributed by atoms with E-state index < -0.39 is 0 Å². The second-order valence-electron chi connectivity index (χ2n) is 8.32. The van der Waals surface area contributed by atoms with Crippen LogP contribution in [0.15, 0.2) is 83.9 Å². The molecule has 0 atom stereocenters. The summed E-state index contributed by atoms with van der Waals surface area (Å²) in [6.45, 7) is 3.05. The second kappa shape index (κ2) is 10.0. The minimum absolute atomic E-state index is 0.199.